The molecule has 31 N–H and O–H groups in total. The Morgan fingerprint density at radius 2 is 0.447 bits per heavy atom. The number of primary amides is 1. The van der Waals surface area contributed by atoms with Gasteiger partial charge in [0.25, 0.3) is 0 Å². The predicted molar refractivity (Wildman–Crippen MR) is 468 cm³/mol. The van der Waals surface area contributed by atoms with Crippen molar-refractivity contribution in [3.63, 3.8) is 0 Å². The average Bonchev–Trinajstić information content (AvgIpc) is 0.867. The molecule has 0 aliphatic carbocycles. The summed E-state index contributed by atoms with van der Waals surface area (Å²) in [6.07, 6.45) is 5.46. The molecule has 0 bridgehead atoms. The number of nitrogens with one attached hydrogen (secondary N) is 15. The molecule has 0 saturated carbocycles. The van der Waals surface area contributed by atoms with E-state index in [4.69, 9.17) is 40.1 Å². The van der Waals surface area contributed by atoms with E-state index < -0.39 is 217 Å². The monoisotopic (exact) mass is 1750 g/mol. The van der Waals surface area contributed by atoms with E-state index in [9.17, 15) is 86.9 Å². The molecule has 16 amide bonds. The minimum Gasteiger partial charge on any atom is -0.394 e. The summed E-state index contributed by atoms with van der Waals surface area (Å²) in [5.41, 5.74) is 40.3. The second-order valence-electron chi connectivity index (χ2n) is 34.0. The predicted octanol–water partition coefficient (Wildman–Crippen LogP) is -3.33. The summed E-state index contributed by atoms with van der Waals surface area (Å²) in [7, 11) is 0. The van der Waals surface area contributed by atoms with E-state index in [-0.39, 0.29) is 114 Å². The fraction of sp³-hybridized carbons (Fsp3) is 0.807. The summed E-state index contributed by atoms with van der Waals surface area (Å²) in [4.78, 5) is 225. The highest BCUT2D eigenvalue weighted by Gasteiger charge is 2.40. The first kappa shape index (κ1) is 114. The van der Waals surface area contributed by atoms with Gasteiger partial charge in [0.1, 0.15) is 90.6 Å². The van der Waals surface area contributed by atoms with Crippen molar-refractivity contribution in [3.8, 4) is 0 Å². The Kier molecular flexibility index (Phi) is 58.6. The fourth-order valence-corrected chi connectivity index (χ4v) is 13.2. The van der Waals surface area contributed by atoms with Crippen molar-refractivity contribution >= 4 is 94.5 Å². The zero-order valence-electron chi connectivity index (χ0n) is 75.9. The van der Waals surface area contributed by atoms with Crippen LogP contribution in [0.1, 0.15) is 245 Å². The molecule has 0 rings (SSSR count). The van der Waals surface area contributed by atoms with E-state index in [1.165, 1.54) is 6.92 Å². The first-order chi connectivity index (χ1) is 58.0. The molecule has 0 unspecified atom stereocenters. The van der Waals surface area contributed by atoms with Gasteiger partial charge < -0.3 is 130 Å². The Balaban J connectivity index is 7.24. The molecule has 0 aliphatic heterocycles. The number of aliphatic hydroxyl groups is 2. The number of rotatable bonds is 67. The molecule has 0 fully saturated rings. The van der Waals surface area contributed by atoms with Gasteiger partial charge in [0.15, 0.2) is 0 Å². The molecule has 0 aromatic heterocycles. The van der Waals surface area contributed by atoms with Gasteiger partial charge in [0.05, 0.1) is 19.8 Å². The number of carbonyl (C=O) groups is 16. The number of hydrogen-bond acceptors (Lipinski definition) is 24. The highest BCUT2D eigenvalue weighted by atomic mass is 16.3. The summed E-state index contributed by atoms with van der Waals surface area (Å²) in [5, 5.41) is 60.8. The first-order valence-electron chi connectivity index (χ1n) is 44.3. The van der Waals surface area contributed by atoms with Crippen molar-refractivity contribution in [2.75, 3.05) is 52.5 Å². The van der Waals surface area contributed by atoms with Crippen LogP contribution < -0.4 is 120 Å². The number of aliphatic hydroxyl groups excluding tert-OH is 2. The number of unbranched alkanes of at least 4 members (excludes halogenated alkanes) is 5. The Hall–Kier alpha value is -8.80. The molecule has 0 aromatic rings. The molecule has 708 valence electrons. The van der Waals surface area contributed by atoms with Gasteiger partial charge >= 0.3 is 0 Å². The van der Waals surface area contributed by atoms with Gasteiger partial charge in [-0.15, -0.1) is 0 Å². The highest BCUT2D eigenvalue weighted by Crippen LogP contribution is 2.19. The van der Waals surface area contributed by atoms with Gasteiger partial charge in [-0.3, -0.25) is 76.7 Å². The Labute approximate surface area is 727 Å². The molecular formula is C83H158N22O18. The maximum atomic E-state index is 14.8. The van der Waals surface area contributed by atoms with Gasteiger partial charge in [0, 0.05) is 0 Å². The van der Waals surface area contributed by atoms with Crippen LogP contribution >= 0.6 is 0 Å². The van der Waals surface area contributed by atoms with Crippen LogP contribution in [0.25, 0.3) is 0 Å². The van der Waals surface area contributed by atoms with Crippen LogP contribution in [0, 0.1) is 41.4 Å². The van der Waals surface area contributed by atoms with Gasteiger partial charge in [-0.2, -0.15) is 0 Å². The number of hydrogen-bond donors (Lipinski definition) is 24. The lowest BCUT2D eigenvalue weighted by atomic mass is 9.94. The number of carbonyl (C=O) groups excluding carboxylic acids is 16. The minimum atomic E-state index is -1.78. The van der Waals surface area contributed by atoms with Crippen molar-refractivity contribution in [1.29, 1.82) is 0 Å². The lowest BCUT2D eigenvalue weighted by Crippen LogP contribution is -2.62. The standard InChI is InChI=1S/C83H158N22O18/c1-16-50(12)66(103-65(108)43-89)82(122)100-62(42-49(10)11)78(118)101-64(45-107)80(120)102-63(44-106)79(119)99-61(41-48(8)9)77(117)98-60(40-47(6)7)76(116)96-55(30-20-25-35-85)71(111)93-57(32-22-27-37-87)73(113)97-59(39-46(4)5)75(115)95-56(31-21-26-36-86)72(112)94-58(33-23-28-38-88)74(114)104-68(52(14)18-3)83(123)105-67(51(13)17-2)81(121)91-53(15)70(110)92-54(69(90)109)29-19-24-34-84/h46-64,66-68,106-107H,16-45,84-89H2,1-15H3,(H2,90,109)(H,91,121)(H,92,110)(H,93,111)(H,94,112)(H,95,115)(H,96,116)(H,97,113)(H,98,117)(H,99,119)(H,100,122)(H,101,118)(H,102,120)(H,103,108)(H,104,114)(H,105,123)/t50-,51-,52-,53-,54-,55-,56-,57-,58-,59-,60-,61-,62-,63-,64-,66-,67-,68-/m1/s1. The van der Waals surface area contributed by atoms with Crippen molar-refractivity contribution in [2.45, 2.75) is 336 Å². The summed E-state index contributed by atoms with van der Waals surface area (Å²) >= 11 is 0. The summed E-state index contributed by atoms with van der Waals surface area (Å²) in [6.45, 7) is 24.9. The molecule has 0 aliphatic rings. The molecule has 0 spiro atoms. The second-order valence-corrected chi connectivity index (χ2v) is 34.0. The van der Waals surface area contributed by atoms with Gasteiger partial charge in [-0.1, -0.05) is 116 Å². The van der Waals surface area contributed by atoms with Gasteiger partial charge in [-0.25, -0.2) is 0 Å². The lowest BCUT2D eigenvalue weighted by Gasteiger charge is -2.31. The molecule has 0 heterocycles. The van der Waals surface area contributed by atoms with Crippen molar-refractivity contribution in [1.82, 2.24) is 79.8 Å². The number of amides is 16. The van der Waals surface area contributed by atoms with E-state index in [1.54, 1.807) is 96.9 Å². The number of nitrogens with two attached hydrogens (primary N) is 7. The SMILES string of the molecule is CC[C@@H](C)[C@@H](NC(=O)CN)C(=O)N[C@H](CC(C)C)C(=O)N[C@H](CO)C(=O)N[C@H](CO)C(=O)N[C@H](CC(C)C)C(=O)N[C@H](CC(C)C)C(=O)N[C@H](CCCCN)C(=O)N[C@H](CCCCN)C(=O)N[C@H](CC(C)C)C(=O)N[C@H](CCCCN)C(=O)N[C@H](CCCCN)C(=O)N[C@@H](C(=O)N[C@@H](C(=O)N[C@H](C)C(=O)N[C@H](CCCCN)C(N)=O)[C@H](C)CC)[C@H](C)CC. The van der Waals surface area contributed by atoms with Gasteiger partial charge in [-0.05, 0) is 203 Å². The molecular weight excluding hydrogens is 1590 g/mol. The first-order valence-corrected chi connectivity index (χ1v) is 44.3. The van der Waals surface area contributed by atoms with Crippen LogP contribution in [0.3, 0.4) is 0 Å². The van der Waals surface area contributed by atoms with E-state index in [0.717, 1.165) is 0 Å². The van der Waals surface area contributed by atoms with Crippen LogP contribution in [0.15, 0.2) is 0 Å². The Morgan fingerprint density at radius 3 is 0.699 bits per heavy atom. The van der Waals surface area contributed by atoms with Crippen LogP contribution in [0.2, 0.25) is 0 Å². The van der Waals surface area contributed by atoms with E-state index in [2.05, 4.69) is 79.8 Å². The largest absolute Gasteiger partial charge is 0.394 e. The van der Waals surface area contributed by atoms with Crippen LogP contribution in [-0.2, 0) is 76.7 Å². The topological polar surface area (TPSA) is 676 Å². The third-order valence-corrected chi connectivity index (χ3v) is 21.3. The van der Waals surface area contributed by atoms with Gasteiger partial charge in [0.2, 0.25) is 94.5 Å². The van der Waals surface area contributed by atoms with Crippen molar-refractivity contribution < 1.29 is 86.9 Å². The van der Waals surface area contributed by atoms with Crippen molar-refractivity contribution in [2.24, 2.45) is 81.6 Å². The Morgan fingerprint density at radius 1 is 0.244 bits per heavy atom. The molecule has 0 saturated heterocycles. The second kappa shape index (κ2) is 63.2. The Bertz CT molecular complexity index is 3260. The molecule has 0 aromatic carbocycles. The van der Waals surface area contributed by atoms with Crippen molar-refractivity contribution in [3.05, 3.63) is 0 Å². The molecule has 40 heteroatoms. The smallest absolute Gasteiger partial charge is 0.245 e. The zero-order valence-corrected chi connectivity index (χ0v) is 75.9. The third-order valence-electron chi connectivity index (χ3n) is 21.3. The molecule has 0 radical (unpaired) electrons. The molecule has 123 heavy (non-hydrogen) atoms. The molecule has 40 nitrogen and oxygen atoms in total. The lowest BCUT2D eigenvalue weighted by molar-refractivity contribution is -0.137. The van der Waals surface area contributed by atoms with E-state index in [1.807, 2.05) is 0 Å². The van der Waals surface area contributed by atoms with Crippen LogP contribution in [0.4, 0.5) is 0 Å². The summed E-state index contributed by atoms with van der Waals surface area (Å²) < 4.78 is 0. The van der Waals surface area contributed by atoms with Crippen LogP contribution in [-0.4, -0.2) is 248 Å². The summed E-state index contributed by atoms with van der Waals surface area (Å²) in [6, 6.07) is -20.1. The van der Waals surface area contributed by atoms with E-state index in [0.29, 0.717) is 90.0 Å². The fourth-order valence-electron chi connectivity index (χ4n) is 13.2. The quantitative estimate of drug-likeness (QED) is 0.0265. The normalized spacial score (nSPS) is 15.9. The van der Waals surface area contributed by atoms with E-state index >= 15 is 0 Å². The van der Waals surface area contributed by atoms with Crippen LogP contribution in [0.5, 0.6) is 0 Å². The third kappa shape index (κ3) is 45.1. The summed E-state index contributed by atoms with van der Waals surface area (Å²) in [5.74, 6) is -15.5. The molecule has 18 atom stereocenters. The zero-order chi connectivity index (χ0) is 93.8. The maximum absolute atomic E-state index is 14.8. The highest BCUT2D eigenvalue weighted by molar-refractivity contribution is 6.01. The minimum absolute atomic E-state index is 0.00903. The average molecular weight is 1750 g/mol. The maximum Gasteiger partial charge on any atom is 0.245 e.